The average molecular weight is 399 g/mol. The molecule has 29 heavy (non-hydrogen) atoms. The first-order valence-corrected chi connectivity index (χ1v) is 8.92. The van der Waals surface area contributed by atoms with E-state index in [1.54, 1.807) is 24.4 Å². The third-order valence-corrected chi connectivity index (χ3v) is 5.01. The van der Waals surface area contributed by atoms with Crippen molar-refractivity contribution in [2.45, 2.75) is 25.1 Å². The van der Waals surface area contributed by atoms with Gasteiger partial charge in [0.1, 0.15) is 0 Å². The normalized spacial score (nSPS) is 19.3. The Morgan fingerprint density at radius 2 is 1.97 bits per heavy atom. The van der Waals surface area contributed by atoms with Crippen LogP contribution in [0, 0.1) is 0 Å². The number of nitrogens with one attached hydrogen (secondary N) is 1. The lowest BCUT2D eigenvalue weighted by Crippen LogP contribution is -2.47. The van der Waals surface area contributed by atoms with Gasteiger partial charge in [0.2, 0.25) is 0 Å². The third-order valence-electron chi connectivity index (χ3n) is 5.01. The Hall–Kier alpha value is -3.42. The molecule has 2 amide bonds. The Morgan fingerprint density at radius 3 is 2.62 bits per heavy atom. The number of hydrogen-bond acceptors (Lipinski definition) is 3. The summed E-state index contributed by atoms with van der Waals surface area (Å²) in [5.74, 6) is -0.144. The van der Waals surface area contributed by atoms with Crippen molar-refractivity contribution in [1.29, 1.82) is 0 Å². The van der Waals surface area contributed by atoms with E-state index in [1.807, 2.05) is 0 Å². The van der Waals surface area contributed by atoms with Gasteiger partial charge >= 0.3 is 12.2 Å². The van der Waals surface area contributed by atoms with Crippen molar-refractivity contribution in [2.75, 3.05) is 4.90 Å². The van der Waals surface area contributed by atoms with Crippen LogP contribution < -0.4 is 10.2 Å². The number of carbonyl (C=O) groups is 2. The fraction of sp³-hybridized carbons (Fsp3) is 0.190. The van der Waals surface area contributed by atoms with E-state index in [4.69, 9.17) is 0 Å². The standard InChI is InChI=1S/C21H16F3N3O2/c1-2-14-7-6-12(11-25-14)19-18-16(8-9-17(18)28)27(20(29)26-19)15-5-3-4-13(10-15)21(22,23)24/h2-7,10-11,19H,1,8-9H2,(H,26,29). The predicted octanol–water partition coefficient (Wildman–Crippen LogP) is 4.63. The number of Topliss-reactive ketones (excluding diaryl/α,β-unsaturated/α-hetero) is 1. The maximum absolute atomic E-state index is 13.1. The highest BCUT2D eigenvalue weighted by Crippen LogP contribution is 2.41. The minimum Gasteiger partial charge on any atom is -0.326 e. The number of nitrogens with zero attached hydrogens (tertiary/aromatic N) is 2. The van der Waals surface area contributed by atoms with Crippen LogP contribution in [0.25, 0.3) is 6.08 Å². The van der Waals surface area contributed by atoms with E-state index in [0.717, 1.165) is 17.0 Å². The number of urea groups is 1. The molecule has 2 aliphatic rings. The van der Waals surface area contributed by atoms with Crippen molar-refractivity contribution in [3.05, 3.63) is 77.3 Å². The number of ketones is 1. The van der Waals surface area contributed by atoms with Crippen LogP contribution in [-0.2, 0) is 11.0 Å². The summed E-state index contributed by atoms with van der Waals surface area (Å²) in [6, 6.07) is 6.69. The summed E-state index contributed by atoms with van der Waals surface area (Å²) in [7, 11) is 0. The molecule has 0 saturated heterocycles. The van der Waals surface area contributed by atoms with E-state index in [1.165, 1.54) is 12.1 Å². The van der Waals surface area contributed by atoms with Crippen LogP contribution in [-0.4, -0.2) is 16.8 Å². The van der Waals surface area contributed by atoms with E-state index in [0.29, 0.717) is 22.5 Å². The largest absolute Gasteiger partial charge is 0.416 e. The van der Waals surface area contributed by atoms with Gasteiger partial charge in [-0.25, -0.2) is 4.79 Å². The summed E-state index contributed by atoms with van der Waals surface area (Å²) in [4.78, 5) is 30.8. The highest BCUT2D eigenvalue weighted by molar-refractivity contribution is 6.08. The number of aromatic nitrogens is 1. The summed E-state index contributed by atoms with van der Waals surface area (Å²) in [5, 5.41) is 2.74. The van der Waals surface area contributed by atoms with Crippen molar-refractivity contribution < 1.29 is 22.8 Å². The molecule has 1 aromatic carbocycles. The van der Waals surface area contributed by atoms with E-state index < -0.39 is 23.8 Å². The number of amides is 2. The van der Waals surface area contributed by atoms with Gasteiger partial charge in [0.15, 0.2) is 5.78 Å². The zero-order valence-electron chi connectivity index (χ0n) is 15.2. The molecule has 0 fully saturated rings. The quantitative estimate of drug-likeness (QED) is 0.819. The van der Waals surface area contributed by atoms with Crippen LogP contribution in [0.5, 0.6) is 0 Å². The second-order valence-electron chi connectivity index (χ2n) is 6.77. The molecule has 0 spiro atoms. The Bertz CT molecular complexity index is 1040. The van der Waals surface area contributed by atoms with E-state index in [-0.39, 0.29) is 24.3 Å². The summed E-state index contributed by atoms with van der Waals surface area (Å²) in [6.07, 6.45) is -0.926. The topological polar surface area (TPSA) is 62.3 Å². The lowest BCUT2D eigenvalue weighted by atomic mass is 9.95. The second-order valence-corrected chi connectivity index (χ2v) is 6.77. The molecule has 1 N–H and O–H groups in total. The third kappa shape index (κ3) is 3.30. The monoisotopic (exact) mass is 399 g/mol. The molecule has 0 bridgehead atoms. The number of anilines is 1. The number of carbonyl (C=O) groups excluding carboxylic acids is 2. The van der Waals surface area contributed by atoms with Crippen molar-refractivity contribution in [1.82, 2.24) is 10.3 Å². The van der Waals surface area contributed by atoms with E-state index in [9.17, 15) is 22.8 Å². The van der Waals surface area contributed by atoms with Gasteiger partial charge < -0.3 is 5.32 Å². The molecular formula is C21H16F3N3O2. The van der Waals surface area contributed by atoms with Crippen LogP contribution >= 0.6 is 0 Å². The highest BCUT2D eigenvalue weighted by atomic mass is 19.4. The molecule has 1 atom stereocenters. The van der Waals surface area contributed by atoms with Crippen LogP contribution in [0.4, 0.5) is 23.7 Å². The first kappa shape index (κ1) is 18.9. The number of allylic oxidation sites excluding steroid dienone is 1. The number of rotatable bonds is 3. The molecule has 1 aliphatic heterocycles. The summed E-state index contributed by atoms with van der Waals surface area (Å²) in [6.45, 7) is 3.64. The van der Waals surface area contributed by atoms with E-state index >= 15 is 0 Å². The summed E-state index contributed by atoms with van der Waals surface area (Å²) in [5.41, 5.74) is 1.29. The Morgan fingerprint density at radius 1 is 1.17 bits per heavy atom. The number of alkyl halides is 3. The number of benzene rings is 1. The first-order chi connectivity index (χ1) is 13.8. The summed E-state index contributed by atoms with van der Waals surface area (Å²) < 4.78 is 39.3. The number of pyridine rings is 1. The smallest absolute Gasteiger partial charge is 0.326 e. The molecule has 1 unspecified atom stereocenters. The first-order valence-electron chi connectivity index (χ1n) is 8.92. The molecule has 2 heterocycles. The van der Waals surface area contributed by atoms with Gasteiger partial charge in [-0.05, 0) is 42.3 Å². The molecule has 148 valence electrons. The average Bonchev–Trinajstić information content (AvgIpc) is 3.08. The zero-order valence-corrected chi connectivity index (χ0v) is 15.2. The Labute approximate surface area is 164 Å². The lowest BCUT2D eigenvalue weighted by Gasteiger charge is -2.34. The van der Waals surface area contributed by atoms with Crippen LogP contribution in [0.3, 0.4) is 0 Å². The molecule has 1 aromatic heterocycles. The van der Waals surface area contributed by atoms with Gasteiger partial charge in [-0.15, -0.1) is 0 Å². The molecule has 0 radical (unpaired) electrons. The van der Waals surface area contributed by atoms with Crippen LogP contribution in [0.1, 0.15) is 35.7 Å². The van der Waals surface area contributed by atoms with Crippen LogP contribution in [0.2, 0.25) is 0 Å². The van der Waals surface area contributed by atoms with E-state index in [2.05, 4.69) is 16.9 Å². The number of halogens is 3. The fourth-order valence-corrected chi connectivity index (χ4v) is 3.66. The van der Waals surface area contributed by atoms with Crippen molar-refractivity contribution >= 4 is 23.6 Å². The maximum atomic E-state index is 13.1. The van der Waals surface area contributed by atoms with Crippen molar-refractivity contribution in [3.8, 4) is 0 Å². The minimum absolute atomic E-state index is 0.0677. The highest BCUT2D eigenvalue weighted by Gasteiger charge is 2.41. The Balaban J connectivity index is 1.79. The SMILES string of the molecule is C=Cc1ccc(C2NC(=O)N(c3cccc(C(F)(F)F)c3)C3=C2C(=O)CC3)cn1. The lowest BCUT2D eigenvalue weighted by molar-refractivity contribution is -0.137. The van der Waals surface area contributed by atoms with Crippen LogP contribution in [0.15, 0.2) is 60.4 Å². The minimum atomic E-state index is -4.54. The molecule has 0 saturated carbocycles. The zero-order chi connectivity index (χ0) is 20.8. The molecule has 2 aromatic rings. The second kappa shape index (κ2) is 6.88. The van der Waals surface area contributed by atoms with Gasteiger partial charge in [0.05, 0.1) is 23.0 Å². The molecule has 4 rings (SSSR count). The van der Waals surface area contributed by atoms with Gasteiger partial charge in [-0.2, -0.15) is 13.2 Å². The molecule has 5 nitrogen and oxygen atoms in total. The summed E-state index contributed by atoms with van der Waals surface area (Å²) >= 11 is 0. The van der Waals surface area contributed by atoms with Gasteiger partial charge in [0.25, 0.3) is 0 Å². The van der Waals surface area contributed by atoms with Gasteiger partial charge in [-0.3, -0.25) is 14.7 Å². The molecular weight excluding hydrogens is 383 g/mol. The number of hydrogen-bond donors (Lipinski definition) is 1. The predicted molar refractivity (Wildman–Crippen MR) is 101 cm³/mol. The maximum Gasteiger partial charge on any atom is 0.416 e. The van der Waals surface area contributed by atoms with Gasteiger partial charge in [0, 0.05) is 23.9 Å². The molecule has 8 heteroatoms. The fourth-order valence-electron chi connectivity index (χ4n) is 3.66. The van der Waals surface area contributed by atoms with Crippen molar-refractivity contribution in [2.24, 2.45) is 0 Å². The van der Waals surface area contributed by atoms with Crippen molar-refractivity contribution in [3.63, 3.8) is 0 Å². The molecule has 1 aliphatic carbocycles. The Kier molecular flexibility index (Phi) is 4.49. The van der Waals surface area contributed by atoms with Gasteiger partial charge in [-0.1, -0.05) is 18.7 Å².